The Balaban J connectivity index is 1.25. The molecule has 2 unspecified atom stereocenters. The molecule has 1 amide bonds. The highest BCUT2D eigenvalue weighted by Crippen LogP contribution is 2.41. The van der Waals surface area contributed by atoms with Gasteiger partial charge in [0.2, 0.25) is 15.9 Å². The summed E-state index contributed by atoms with van der Waals surface area (Å²) in [4.78, 5) is 15.1. The van der Waals surface area contributed by atoms with E-state index in [-0.39, 0.29) is 47.8 Å². The largest absolute Gasteiger partial charge is 0.324 e. The molecule has 212 valence electrons. The molecule has 6 nitrogen and oxygen atoms in total. The molecule has 3 aromatic rings. The fourth-order valence-electron chi connectivity index (χ4n) is 6.44. The summed E-state index contributed by atoms with van der Waals surface area (Å²) in [6, 6.07) is 22.1. The van der Waals surface area contributed by atoms with Crippen LogP contribution in [0.1, 0.15) is 44.6 Å². The molecule has 0 saturated carbocycles. The summed E-state index contributed by atoms with van der Waals surface area (Å²) in [6.45, 7) is 2.42. The Hall–Kier alpha value is -3.30. The minimum Gasteiger partial charge on any atom is -0.324 e. The van der Waals surface area contributed by atoms with Crippen LogP contribution in [0, 0.1) is 17.6 Å². The molecule has 0 spiro atoms. The SMILES string of the molecule is C[C@H](CN(c1ccccc1)S(=O)(=O)Cc1ccccc1)N1C2CCC1CC(CC(=O)Nc1ccc(F)cc1F)C2. The van der Waals surface area contributed by atoms with E-state index >= 15 is 0 Å². The third-order valence-corrected chi connectivity index (χ3v) is 9.81. The number of rotatable bonds is 10. The highest BCUT2D eigenvalue weighted by Gasteiger charge is 2.44. The number of benzene rings is 3. The number of piperidine rings is 1. The molecular weight excluding hydrogens is 532 g/mol. The van der Waals surface area contributed by atoms with Crippen molar-refractivity contribution in [1.29, 1.82) is 0 Å². The highest BCUT2D eigenvalue weighted by atomic mass is 32.2. The summed E-state index contributed by atoms with van der Waals surface area (Å²) in [5.74, 6) is -1.68. The Morgan fingerprint density at radius 1 is 0.975 bits per heavy atom. The van der Waals surface area contributed by atoms with Crippen molar-refractivity contribution in [1.82, 2.24) is 4.90 Å². The van der Waals surface area contributed by atoms with E-state index in [9.17, 15) is 22.0 Å². The summed E-state index contributed by atoms with van der Waals surface area (Å²) >= 11 is 0. The standard InChI is InChI=1S/C31H35F2N3O3S/c1-22(20-35(26-10-6-3-7-11-26)40(38,39)21-23-8-4-2-5-9-23)36-27-13-14-28(36)17-24(16-27)18-31(37)34-30-15-12-25(32)19-29(30)33/h2-12,15,19,22,24,27-28H,13-14,16-18,20-21H2,1H3,(H,34,37)/t22-,24?,27?,28?/m1/s1. The van der Waals surface area contributed by atoms with Gasteiger partial charge in [0.05, 0.1) is 17.1 Å². The number of para-hydroxylation sites is 1. The molecule has 0 aliphatic carbocycles. The van der Waals surface area contributed by atoms with Crippen molar-refractivity contribution < 1.29 is 22.0 Å². The monoisotopic (exact) mass is 567 g/mol. The first-order valence-electron chi connectivity index (χ1n) is 13.8. The number of fused-ring (bicyclic) bond motifs is 2. The minimum absolute atomic E-state index is 0.0156. The van der Waals surface area contributed by atoms with Gasteiger partial charge in [0, 0.05) is 37.2 Å². The lowest BCUT2D eigenvalue weighted by atomic mass is 9.87. The van der Waals surface area contributed by atoms with Crippen LogP contribution in [-0.2, 0) is 20.6 Å². The lowest BCUT2D eigenvalue weighted by Gasteiger charge is -2.43. The maximum absolute atomic E-state index is 14.0. The predicted octanol–water partition coefficient (Wildman–Crippen LogP) is 5.96. The quantitative estimate of drug-likeness (QED) is 0.328. The number of amides is 1. The van der Waals surface area contributed by atoms with Gasteiger partial charge < -0.3 is 5.32 Å². The van der Waals surface area contributed by atoms with Crippen LogP contribution in [0.5, 0.6) is 0 Å². The summed E-state index contributed by atoms with van der Waals surface area (Å²) in [7, 11) is -3.64. The first kappa shape index (κ1) is 28.2. The molecule has 1 N–H and O–H groups in total. The van der Waals surface area contributed by atoms with Crippen molar-refractivity contribution in [2.24, 2.45) is 5.92 Å². The summed E-state index contributed by atoms with van der Waals surface area (Å²) in [6.07, 6.45) is 3.92. The van der Waals surface area contributed by atoms with Crippen LogP contribution in [0.3, 0.4) is 0 Å². The average molecular weight is 568 g/mol. The number of sulfonamides is 1. The predicted molar refractivity (Wildman–Crippen MR) is 153 cm³/mol. The molecule has 5 rings (SSSR count). The molecule has 9 heteroatoms. The molecule has 2 bridgehead atoms. The number of hydrogen-bond acceptors (Lipinski definition) is 4. The van der Waals surface area contributed by atoms with Crippen LogP contribution in [0.4, 0.5) is 20.2 Å². The lowest BCUT2D eigenvalue weighted by Crippen LogP contribution is -2.52. The first-order valence-corrected chi connectivity index (χ1v) is 15.4. The molecule has 2 saturated heterocycles. The molecule has 3 aromatic carbocycles. The second-order valence-corrected chi connectivity index (χ2v) is 12.9. The lowest BCUT2D eigenvalue weighted by molar-refractivity contribution is -0.117. The van der Waals surface area contributed by atoms with Crippen molar-refractivity contribution in [3.8, 4) is 0 Å². The Morgan fingerprint density at radius 3 is 2.23 bits per heavy atom. The fraction of sp³-hybridized carbons (Fsp3) is 0.387. The highest BCUT2D eigenvalue weighted by molar-refractivity contribution is 7.92. The topological polar surface area (TPSA) is 69.7 Å². The van der Waals surface area contributed by atoms with Crippen molar-refractivity contribution in [3.05, 3.63) is 96.1 Å². The van der Waals surface area contributed by atoms with Crippen molar-refractivity contribution in [2.45, 2.75) is 62.9 Å². The maximum Gasteiger partial charge on any atom is 0.239 e. The number of nitrogens with one attached hydrogen (secondary N) is 1. The average Bonchev–Trinajstić information content (AvgIpc) is 3.20. The van der Waals surface area contributed by atoms with E-state index < -0.39 is 21.7 Å². The number of carbonyl (C=O) groups is 1. The van der Waals surface area contributed by atoms with Crippen molar-refractivity contribution in [2.75, 3.05) is 16.2 Å². The van der Waals surface area contributed by atoms with Gasteiger partial charge in [-0.05, 0) is 68.4 Å². The van der Waals surface area contributed by atoms with E-state index in [0.717, 1.165) is 43.4 Å². The normalized spacial score (nSPS) is 21.6. The van der Waals surface area contributed by atoms with Gasteiger partial charge in [-0.15, -0.1) is 0 Å². The van der Waals surface area contributed by atoms with Gasteiger partial charge in [-0.2, -0.15) is 0 Å². The zero-order chi connectivity index (χ0) is 28.3. The summed E-state index contributed by atoms with van der Waals surface area (Å²) < 4.78 is 56.1. The Bertz CT molecular complexity index is 1410. The van der Waals surface area contributed by atoms with Crippen LogP contribution in [0.25, 0.3) is 0 Å². The van der Waals surface area contributed by atoms with E-state index in [4.69, 9.17) is 0 Å². The molecule has 0 radical (unpaired) electrons. The molecule has 0 aromatic heterocycles. The van der Waals surface area contributed by atoms with Crippen molar-refractivity contribution >= 4 is 27.3 Å². The number of carbonyl (C=O) groups excluding carboxylic acids is 1. The second-order valence-electron chi connectivity index (χ2n) is 11.0. The van der Waals surface area contributed by atoms with E-state index in [2.05, 4.69) is 17.1 Å². The summed E-state index contributed by atoms with van der Waals surface area (Å²) in [5, 5.41) is 2.58. The van der Waals surface area contributed by atoms with Crippen LogP contribution >= 0.6 is 0 Å². The van der Waals surface area contributed by atoms with E-state index in [1.807, 2.05) is 60.7 Å². The number of halogens is 2. The van der Waals surface area contributed by atoms with E-state index in [1.54, 1.807) is 4.31 Å². The van der Waals surface area contributed by atoms with Gasteiger partial charge in [0.25, 0.3) is 0 Å². The van der Waals surface area contributed by atoms with Gasteiger partial charge in [-0.3, -0.25) is 14.0 Å². The summed E-state index contributed by atoms with van der Waals surface area (Å²) in [5.41, 5.74) is 1.38. The van der Waals surface area contributed by atoms with Crippen LogP contribution in [-0.4, -0.2) is 43.9 Å². The zero-order valence-corrected chi connectivity index (χ0v) is 23.4. The fourth-order valence-corrected chi connectivity index (χ4v) is 8.09. The zero-order valence-electron chi connectivity index (χ0n) is 22.5. The van der Waals surface area contributed by atoms with Crippen molar-refractivity contribution in [3.63, 3.8) is 0 Å². The smallest absolute Gasteiger partial charge is 0.239 e. The molecular formula is C31H35F2N3O3S. The molecule has 2 aliphatic rings. The third-order valence-electron chi connectivity index (χ3n) is 8.08. The molecule has 2 fully saturated rings. The van der Waals surface area contributed by atoms with Gasteiger partial charge in [-0.1, -0.05) is 48.5 Å². The molecule has 2 heterocycles. The Labute approximate surface area is 235 Å². The van der Waals surface area contributed by atoms with Gasteiger partial charge in [-0.25, -0.2) is 17.2 Å². The van der Waals surface area contributed by atoms with Crippen LogP contribution < -0.4 is 9.62 Å². The van der Waals surface area contributed by atoms with Gasteiger partial charge >= 0.3 is 0 Å². The van der Waals surface area contributed by atoms with Crippen LogP contribution in [0.2, 0.25) is 0 Å². The molecule has 2 aliphatic heterocycles. The first-order chi connectivity index (χ1) is 19.2. The van der Waals surface area contributed by atoms with Crippen LogP contribution in [0.15, 0.2) is 78.9 Å². The van der Waals surface area contributed by atoms with Gasteiger partial charge in [0.15, 0.2) is 0 Å². The number of anilines is 2. The number of nitrogens with zero attached hydrogens (tertiary/aromatic N) is 2. The second kappa shape index (κ2) is 12.1. The van der Waals surface area contributed by atoms with E-state index in [0.29, 0.717) is 12.2 Å². The Morgan fingerprint density at radius 2 is 1.60 bits per heavy atom. The minimum atomic E-state index is -3.64. The third kappa shape index (κ3) is 6.53. The maximum atomic E-state index is 14.0. The molecule has 40 heavy (non-hydrogen) atoms. The molecule has 3 atom stereocenters. The van der Waals surface area contributed by atoms with Gasteiger partial charge in [0.1, 0.15) is 11.6 Å². The number of hydrogen-bond donors (Lipinski definition) is 1. The Kier molecular flexibility index (Phi) is 8.51. The van der Waals surface area contributed by atoms with E-state index in [1.165, 1.54) is 6.07 Å².